The van der Waals surface area contributed by atoms with Gasteiger partial charge in [0.2, 0.25) is 0 Å². The molecule has 1 unspecified atom stereocenters. The van der Waals surface area contributed by atoms with Gasteiger partial charge >= 0.3 is 0 Å². The van der Waals surface area contributed by atoms with Crippen LogP contribution in [0.25, 0.3) is 0 Å². The van der Waals surface area contributed by atoms with Crippen molar-refractivity contribution in [2.24, 2.45) is 58.2 Å². The predicted molar refractivity (Wildman–Crippen MR) is 168 cm³/mol. The number of allylic oxidation sites excluding steroid dienone is 1. The van der Waals surface area contributed by atoms with Gasteiger partial charge < -0.3 is 0 Å². The van der Waals surface area contributed by atoms with Crippen molar-refractivity contribution in [1.29, 1.82) is 0 Å². The summed E-state index contributed by atoms with van der Waals surface area (Å²) in [5, 5.41) is 0.341. The Bertz CT molecular complexity index is 890. The standard InChI is InChI=1S/C36H64OSi/c1-24(2)15-14-16-25(3)28-18-19-30-33-27(23-37)32(26(4)38(10,11)34(5,6)7)29-17-12-13-21-35(29,8)31(33)20-22-36(28,30)9/h24-26,28-33H,12-22H2,1-11H3/t25-,26?,28-,29+,30+,31+,32-,33+,35+,36-/m1/s1. The van der Waals surface area contributed by atoms with Crippen molar-refractivity contribution in [1.82, 2.24) is 0 Å². The Balaban J connectivity index is 1.72. The fourth-order valence-corrected chi connectivity index (χ4v) is 13.8. The molecule has 10 atom stereocenters. The summed E-state index contributed by atoms with van der Waals surface area (Å²) >= 11 is 0. The molecule has 0 aliphatic heterocycles. The summed E-state index contributed by atoms with van der Waals surface area (Å²) < 4.78 is 0. The van der Waals surface area contributed by atoms with Gasteiger partial charge in [-0.05, 0) is 107 Å². The van der Waals surface area contributed by atoms with Crippen LogP contribution in [0.3, 0.4) is 0 Å². The monoisotopic (exact) mass is 540 g/mol. The lowest BCUT2D eigenvalue weighted by atomic mass is 9.41. The van der Waals surface area contributed by atoms with Crippen molar-refractivity contribution >= 4 is 14.0 Å². The summed E-state index contributed by atoms with van der Waals surface area (Å²) in [6.07, 6.45) is 15.1. The SMILES string of the molecule is CC(C)CCC[C@@H](C)[C@H]1CC[C@H]2[C@@H]3C(=C=O)[C@@H](C(C)[Si](C)(C)C(C)(C)C)[C@@H]4CCCC[C@]4(C)[C@H]3CC[C@]12C. The van der Waals surface area contributed by atoms with Gasteiger partial charge in [-0.15, -0.1) is 0 Å². The van der Waals surface area contributed by atoms with E-state index in [2.05, 4.69) is 81.3 Å². The highest BCUT2D eigenvalue weighted by Crippen LogP contribution is 2.72. The van der Waals surface area contributed by atoms with Crippen molar-refractivity contribution in [3.05, 3.63) is 5.57 Å². The van der Waals surface area contributed by atoms with E-state index in [1.165, 1.54) is 76.2 Å². The van der Waals surface area contributed by atoms with Gasteiger partial charge in [-0.1, -0.05) is 108 Å². The van der Waals surface area contributed by atoms with Crippen LogP contribution in [0.1, 0.15) is 133 Å². The molecule has 4 aliphatic rings. The van der Waals surface area contributed by atoms with Gasteiger partial charge in [-0.25, -0.2) is 4.79 Å². The van der Waals surface area contributed by atoms with Crippen LogP contribution in [0.15, 0.2) is 5.57 Å². The molecule has 218 valence electrons. The van der Waals surface area contributed by atoms with E-state index >= 15 is 0 Å². The molecule has 4 saturated carbocycles. The highest BCUT2D eigenvalue weighted by Gasteiger charge is 2.65. The van der Waals surface area contributed by atoms with Crippen LogP contribution in [-0.2, 0) is 4.79 Å². The van der Waals surface area contributed by atoms with Gasteiger partial charge in [0.05, 0.1) is 8.07 Å². The Hall–Kier alpha value is -0.333. The van der Waals surface area contributed by atoms with E-state index in [-0.39, 0.29) is 0 Å². The van der Waals surface area contributed by atoms with Crippen LogP contribution < -0.4 is 0 Å². The number of carbonyl (C=O) groups excluding carboxylic acids is 1. The summed E-state index contributed by atoms with van der Waals surface area (Å²) in [6, 6.07) is 0. The zero-order chi connectivity index (χ0) is 28.3. The molecule has 0 radical (unpaired) electrons. The summed E-state index contributed by atoms with van der Waals surface area (Å²) in [6.45, 7) is 27.9. The number of rotatable bonds is 7. The normalized spacial score (nSPS) is 41.2. The second-order valence-electron chi connectivity index (χ2n) is 17.5. The van der Waals surface area contributed by atoms with Crippen molar-refractivity contribution < 1.29 is 4.79 Å². The molecule has 4 fully saturated rings. The number of hydrogen-bond acceptors (Lipinski definition) is 1. The Morgan fingerprint density at radius 2 is 1.53 bits per heavy atom. The topological polar surface area (TPSA) is 17.1 Å². The molecule has 0 aromatic heterocycles. The average molecular weight is 541 g/mol. The van der Waals surface area contributed by atoms with Crippen molar-refractivity contribution in [3.8, 4) is 0 Å². The molecular formula is C36H64OSi. The number of fused-ring (bicyclic) bond motifs is 5. The van der Waals surface area contributed by atoms with E-state index in [1.54, 1.807) is 0 Å². The maximum absolute atomic E-state index is 13.3. The van der Waals surface area contributed by atoms with Crippen LogP contribution in [0.5, 0.6) is 0 Å². The first-order valence-electron chi connectivity index (χ1n) is 16.9. The molecule has 0 heterocycles. The van der Waals surface area contributed by atoms with Crippen molar-refractivity contribution in [2.75, 3.05) is 0 Å². The minimum atomic E-state index is -1.63. The lowest BCUT2D eigenvalue weighted by Crippen LogP contribution is -2.59. The van der Waals surface area contributed by atoms with Crippen molar-refractivity contribution in [3.63, 3.8) is 0 Å². The molecule has 0 saturated heterocycles. The average Bonchev–Trinajstić information content (AvgIpc) is 3.18. The van der Waals surface area contributed by atoms with E-state index in [9.17, 15) is 4.79 Å². The van der Waals surface area contributed by atoms with Gasteiger partial charge in [0.15, 0.2) is 0 Å². The Kier molecular flexibility index (Phi) is 8.72. The fraction of sp³-hybridized carbons (Fsp3) is 0.944. The number of hydrogen-bond donors (Lipinski definition) is 0. The molecule has 1 nitrogen and oxygen atoms in total. The minimum Gasteiger partial charge on any atom is -0.234 e. The van der Waals surface area contributed by atoms with Gasteiger partial charge in [0, 0.05) is 5.57 Å². The summed E-state index contributed by atoms with van der Waals surface area (Å²) in [5.74, 6) is 8.34. The van der Waals surface area contributed by atoms with E-state index < -0.39 is 8.07 Å². The lowest BCUT2D eigenvalue weighted by Gasteiger charge is -2.65. The molecule has 0 N–H and O–H groups in total. The predicted octanol–water partition coefficient (Wildman–Crippen LogP) is 11.0. The molecule has 0 aromatic rings. The molecule has 0 bridgehead atoms. The van der Waals surface area contributed by atoms with Crippen LogP contribution in [0.2, 0.25) is 23.7 Å². The lowest BCUT2D eigenvalue weighted by molar-refractivity contribution is -0.108. The summed E-state index contributed by atoms with van der Waals surface area (Å²) in [4.78, 5) is 13.3. The third kappa shape index (κ3) is 4.89. The van der Waals surface area contributed by atoms with Crippen LogP contribution in [0.4, 0.5) is 0 Å². The molecule has 0 amide bonds. The fourth-order valence-electron chi connectivity index (χ4n) is 11.1. The van der Waals surface area contributed by atoms with Crippen molar-refractivity contribution in [2.45, 2.75) is 157 Å². The third-order valence-electron chi connectivity index (χ3n) is 14.5. The molecule has 38 heavy (non-hydrogen) atoms. The second-order valence-corrected chi connectivity index (χ2v) is 23.3. The highest BCUT2D eigenvalue weighted by molar-refractivity contribution is 6.81. The summed E-state index contributed by atoms with van der Waals surface area (Å²) in [7, 11) is -1.63. The first-order chi connectivity index (χ1) is 17.6. The quantitative estimate of drug-likeness (QED) is 0.232. The molecule has 4 aliphatic carbocycles. The summed E-state index contributed by atoms with van der Waals surface area (Å²) in [5.41, 5.74) is 2.74. The largest absolute Gasteiger partial charge is 0.234 e. The Morgan fingerprint density at radius 1 is 0.868 bits per heavy atom. The second kappa shape index (κ2) is 10.8. The van der Waals surface area contributed by atoms with E-state index in [0.717, 1.165) is 17.8 Å². The Labute approximate surface area is 238 Å². The first kappa shape index (κ1) is 30.6. The van der Waals surface area contributed by atoms with Gasteiger partial charge in [-0.3, -0.25) is 0 Å². The Morgan fingerprint density at radius 3 is 2.13 bits per heavy atom. The zero-order valence-electron chi connectivity index (χ0n) is 27.4. The molecule has 0 aromatic carbocycles. The minimum absolute atomic E-state index is 0.341. The zero-order valence-corrected chi connectivity index (χ0v) is 28.4. The van der Waals surface area contributed by atoms with Crippen LogP contribution >= 0.6 is 0 Å². The highest BCUT2D eigenvalue weighted by atomic mass is 28.3. The van der Waals surface area contributed by atoms with E-state index in [4.69, 9.17) is 0 Å². The van der Waals surface area contributed by atoms with E-state index in [1.807, 2.05) is 0 Å². The van der Waals surface area contributed by atoms with Gasteiger partial charge in [-0.2, -0.15) is 0 Å². The van der Waals surface area contributed by atoms with Gasteiger partial charge in [0.1, 0.15) is 5.94 Å². The van der Waals surface area contributed by atoms with Gasteiger partial charge in [0.25, 0.3) is 0 Å². The maximum atomic E-state index is 13.3. The van der Waals surface area contributed by atoms with E-state index in [0.29, 0.717) is 51.0 Å². The molecule has 0 spiro atoms. The molecular weight excluding hydrogens is 476 g/mol. The molecule has 2 heteroatoms. The third-order valence-corrected chi connectivity index (χ3v) is 21.0. The van der Waals surface area contributed by atoms with Crippen LogP contribution in [-0.4, -0.2) is 14.0 Å². The molecule has 4 rings (SSSR count). The van der Waals surface area contributed by atoms with Crippen LogP contribution in [0, 0.1) is 58.2 Å². The first-order valence-corrected chi connectivity index (χ1v) is 19.9. The maximum Gasteiger partial charge on any atom is 0.124 e. The smallest absolute Gasteiger partial charge is 0.124 e.